The third-order valence-electron chi connectivity index (χ3n) is 4.35. The van der Waals surface area contributed by atoms with Gasteiger partial charge in [0.2, 0.25) is 0 Å². The van der Waals surface area contributed by atoms with Crippen LogP contribution in [0.3, 0.4) is 0 Å². The van der Waals surface area contributed by atoms with Gasteiger partial charge in [-0.05, 0) is 32.8 Å². The number of nitrogens with zero attached hydrogens (tertiary/aromatic N) is 2. The van der Waals surface area contributed by atoms with Crippen LogP contribution in [0.15, 0.2) is 26.3 Å². The third kappa shape index (κ3) is 5.87. The van der Waals surface area contributed by atoms with Crippen molar-refractivity contribution in [1.29, 1.82) is 0 Å². The Balaban J connectivity index is 1.81. The molecular formula is C20H31N5O3. The molecule has 0 aromatic carbocycles. The van der Waals surface area contributed by atoms with Gasteiger partial charge in [-0.25, -0.2) is 4.99 Å². The Morgan fingerprint density at radius 1 is 1.14 bits per heavy atom. The fraction of sp³-hybridized carbons (Fsp3) is 0.550. The van der Waals surface area contributed by atoms with Crippen molar-refractivity contribution >= 4 is 11.9 Å². The van der Waals surface area contributed by atoms with E-state index in [0.717, 1.165) is 54.3 Å². The van der Waals surface area contributed by atoms with E-state index in [1.165, 1.54) is 6.26 Å². The second-order valence-corrected chi connectivity index (χ2v) is 6.40. The van der Waals surface area contributed by atoms with Gasteiger partial charge in [0.05, 0.1) is 18.5 Å². The smallest absolute Gasteiger partial charge is 0.287 e. The molecule has 0 aliphatic heterocycles. The molecule has 0 spiro atoms. The highest BCUT2D eigenvalue weighted by Crippen LogP contribution is 2.16. The first kappa shape index (κ1) is 21.5. The van der Waals surface area contributed by atoms with Crippen LogP contribution in [0, 0.1) is 6.92 Å². The van der Waals surface area contributed by atoms with Crippen molar-refractivity contribution in [3.63, 3.8) is 0 Å². The Bertz CT molecular complexity index is 757. The van der Waals surface area contributed by atoms with Gasteiger partial charge in [-0.1, -0.05) is 19.0 Å². The van der Waals surface area contributed by atoms with Crippen molar-refractivity contribution in [2.75, 3.05) is 19.6 Å². The first-order valence-electron chi connectivity index (χ1n) is 9.91. The number of aromatic nitrogens is 1. The lowest BCUT2D eigenvalue weighted by molar-refractivity contribution is 0.0925. The van der Waals surface area contributed by atoms with E-state index < -0.39 is 0 Å². The van der Waals surface area contributed by atoms with Crippen molar-refractivity contribution in [1.82, 2.24) is 21.1 Å². The molecule has 8 nitrogen and oxygen atoms in total. The quantitative estimate of drug-likeness (QED) is 0.328. The SMILES string of the molecule is CCNC(=NCc1c(CC)noc1CC)NCCCNC(=O)c1occc1C. The summed E-state index contributed by atoms with van der Waals surface area (Å²) in [7, 11) is 0. The number of aliphatic imine (C=N–C) groups is 1. The van der Waals surface area contributed by atoms with E-state index in [1.54, 1.807) is 6.07 Å². The number of carbonyl (C=O) groups is 1. The average molecular weight is 390 g/mol. The zero-order valence-electron chi connectivity index (χ0n) is 17.2. The number of aryl methyl sites for hydroxylation is 3. The van der Waals surface area contributed by atoms with Gasteiger partial charge in [0.1, 0.15) is 5.76 Å². The zero-order chi connectivity index (χ0) is 20.4. The molecule has 0 saturated carbocycles. The normalized spacial score (nSPS) is 11.5. The van der Waals surface area contributed by atoms with E-state index in [2.05, 4.69) is 39.9 Å². The van der Waals surface area contributed by atoms with Crippen LogP contribution < -0.4 is 16.0 Å². The van der Waals surface area contributed by atoms with E-state index in [4.69, 9.17) is 8.94 Å². The number of hydrogen-bond acceptors (Lipinski definition) is 5. The molecule has 0 saturated heterocycles. The predicted molar refractivity (Wildman–Crippen MR) is 108 cm³/mol. The van der Waals surface area contributed by atoms with E-state index in [0.29, 0.717) is 25.4 Å². The van der Waals surface area contributed by atoms with E-state index in [9.17, 15) is 4.79 Å². The molecule has 0 aliphatic carbocycles. The number of furan rings is 1. The van der Waals surface area contributed by atoms with Crippen LogP contribution in [0.1, 0.15) is 60.3 Å². The summed E-state index contributed by atoms with van der Waals surface area (Å²) < 4.78 is 10.6. The lowest BCUT2D eigenvalue weighted by atomic mass is 10.1. The number of carbonyl (C=O) groups excluding carboxylic acids is 1. The molecule has 0 atom stereocenters. The molecule has 0 bridgehead atoms. The topological polar surface area (TPSA) is 105 Å². The van der Waals surface area contributed by atoms with Gasteiger partial charge in [0, 0.05) is 37.2 Å². The Kier molecular flexibility index (Phi) is 8.58. The second-order valence-electron chi connectivity index (χ2n) is 6.40. The lowest BCUT2D eigenvalue weighted by Gasteiger charge is -2.11. The minimum Gasteiger partial charge on any atom is -0.459 e. The third-order valence-corrected chi connectivity index (χ3v) is 4.35. The average Bonchev–Trinajstić information content (AvgIpc) is 3.30. The van der Waals surface area contributed by atoms with Gasteiger partial charge in [-0.15, -0.1) is 0 Å². The Labute approximate surface area is 166 Å². The minimum absolute atomic E-state index is 0.185. The van der Waals surface area contributed by atoms with Crippen LogP contribution >= 0.6 is 0 Å². The summed E-state index contributed by atoms with van der Waals surface area (Å²) >= 11 is 0. The molecule has 0 radical (unpaired) electrons. The molecule has 2 rings (SSSR count). The highest BCUT2D eigenvalue weighted by atomic mass is 16.5. The number of amides is 1. The highest BCUT2D eigenvalue weighted by Gasteiger charge is 2.13. The molecule has 28 heavy (non-hydrogen) atoms. The minimum atomic E-state index is -0.185. The summed E-state index contributed by atoms with van der Waals surface area (Å²) in [4.78, 5) is 16.7. The van der Waals surface area contributed by atoms with Crippen molar-refractivity contribution in [2.45, 2.75) is 53.5 Å². The van der Waals surface area contributed by atoms with Gasteiger partial charge in [-0.2, -0.15) is 0 Å². The molecule has 1 amide bonds. The first-order chi connectivity index (χ1) is 13.6. The molecule has 8 heteroatoms. The summed E-state index contributed by atoms with van der Waals surface area (Å²) in [6.45, 7) is 10.5. The van der Waals surface area contributed by atoms with Gasteiger partial charge in [0.15, 0.2) is 11.7 Å². The van der Waals surface area contributed by atoms with E-state index in [1.807, 2.05) is 13.8 Å². The Morgan fingerprint density at radius 3 is 2.57 bits per heavy atom. The highest BCUT2D eigenvalue weighted by molar-refractivity contribution is 5.92. The molecule has 2 heterocycles. The second kappa shape index (κ2) is 11.2. The van der Waals surface area contributed by atoms with Crippen molar-refractivity contribution < 1.29 is 13.7 Å². The van der Waals surface area contributed by atoms with Crippen LogP contribution in [-0.4, -0.2) is 36.7 Å². The first-order valence-corrected chi connectivity index (χ1v) is 9.91. The molecule has 0 unspecified atom stereocenters. The van der Waals surface area contributed by atoms with Crippen molar-refractivity contribution in [2.24, 2.45) is 4.99 Å². The maximum absolute atomic E-state index is 12.0. The van der Waals surface area contributed by atoms with Crippen LogP contribution in [0.5, 0.6) is 0 Å². The van der Waals surface area contributed by atoms with Crippen LogP contribution in [-0.2, 0) is 19.4 Å². The molecule has 3 N–H and O–H groups in total. The maximum atomic E-state index is 12.0. The van der Waals surface area contributed by atoms with E-state index >= 15 is 0 Å². The van der Waals surface area contributed by atoms with Gasteiger partial charge in [-0.3, -0.25) is 4.79 Å². The standard InChI is InChI=1S/C20H31N5O3/c1-5-16-15(17(6-2)28-25-16)13-24-20(21-7-3)23-11-8-10-22-19(26)18-14(4)9-12-27-18/h9,12H,5-8,10-11,13H2,1-4H3,(H,22,26)(H2,21,23,24). The monoisotopic (exact) mass is 389 g/mol. The van der Waals surface area contributed by atoms with Crippen molar-refractivity contribution in [3.05, 3.63) is 40.7 Å². The largest absolute Gasteiger partial charge is 0.459 e. The lowest BCUT2D eigenvalue weighted by Crippen LogP contribution is -2.38. The molecule has 2 aromatic heterocycles. The Hall–Kier alpha value is -2.77. The number of hydrogen-bond donors (Lipinski definition) is 3. The molecule has 0 aliphatic rings. The Morgan fingerprint density at radius 2 is 1.93 bits per heavy atom. The summed E-state index contributed by atoms with van der Waals surface area (Å²) in [5, 5.41) is 13.5. The summed E-state index contributed by atoms with van der Waals surface area (Å²) in [5.74, 6) is 1.82. The van der Waals surface area contributed by atoms with E-state index in [-0.39, 0.29) is 5.91 Å². The number of guanidine groups is 1. The summed E-state index contributed by atoms with van der Waals surface area (Å²) in [6.07, 6.45) is 3.92. The van der Waals surface area contributed by atoms with Gasteiger partial charge >= 0.3 is 0 Å². The number of nitrogens with one attached hydrogen (secondary N) is 3. The molecule has 0 fully saturated rings. The molecule has 154 valence electrons. The van der Waals surface area contributed by atoms with Gasteiger partial charge in [0.25, 0.3) is 5.91 Å². The zero-order valence-corrected chi connectivity index (χ0v) is 17.2. The fourth-order valence-corrected chi connectivity index (χ4v) is 2.80. The fourth-order valence-electron chi connectivity index (χ4n) is 2.80. The summed E-state index contributed by atoms with van der Waals surface area (Å²) in [5.41, 5.74) is 2.87. The van der Waals surface area contributed by atoms with Crippen LogP contribution in [0.2, 0.25) is 0 Å². The molecular weight excluding hydrogens is 358 g/mol. The number of rotatable bonds is 10. The maximum Gasteiger partial charge on any atom is 0.287 e. The van der Waals surface area contributed by atoms with Crippen LogP contribution in [0.25, 0.3) is 0 Å². The molecule has 2 aromatic rings. The predicted octanol–water partition coefficient (Wildman–Crippen LogP) is 2.58. The van der Waals surface area contributed by atoms with Crippen molar-refractivity contribution in [3.8, 4) is 0 Å². The van der Waals surface area contributed by atoms with Crippen LogP contribution in [0.4, 0.5) is 0 Å². The van der Waals surface area contributed by atoms with Gasteiger partial charge < -0.3 is 24.9 Å². The summed E-state index contributed by atoms with van der Waals surface area (Å²) in [6, 6.07) is 1.78.